The van der Waals surface area contributed by atoms with Crippen molar-refractivity contribution in [3.8, 4) is 0 Å². The summed E-state index contributed by atoms with van der Waals surface area (Å²) in [5.41, 5.74) is 0.817. The highest BCUT2D eigenvalue weighted by molar-refractivity contribution is 7.86. The maximum Gasteiger partial charge on any atom is 0.264 e. The third-order valence-corrected chi connectivity index (χ3v) is 3.22. The van der Waals surface area contributed by atoms with Gasteiger partial charge in [-0.3, -0.25) is 4.18 Å². The lowest BCUT2D eigenvalue weighted by atomic mass is 9.96. The quantitative estimate of drug-likeness (QED) is 0.768. The van der Waals surface area contributed by atoms with E-state index >= 15 is 0 Å². The first-order valence-electron chi connectivity index (χ1n) is 5.17. The molecule has 0 aromatic heterocycles. The lowest BCUT2D eigenvalue weighted by molar-refractivity contribution is 0.145. The molecule has 1 saturated heterocycles. The van der Waals surface area contributed by atoms with Gasteiger partial charge in [-0.2, -0.15) is 8.42 Å². The Morgan fingerprint density at radius 2 is 1.94 bits per heavy atom. The fourth-order valence-corrected chi connectivity index (χ4v) is 2.51. The van der Waals surface area contributed by atoms with Crippen LogP contribution >= 0.6 is 0 Å². The van der Waals surface area contributed by atoms with E-state index in [2.05, 4.69) is 0 Å². The minimum absolute atomic E-state index is 0.176. The lowest BCUT2D eigenvalue weighted by Gasteiger charge is -2.16. The molecule has 1 aliphatic heterocycles. The summed E-state index contributed by atoms with van der Waals surface area (Å²) in [4.78, 5) is 0. The molecule has 1 heterocycles. The molecule has 4 nitrogen and oxygen atoms in total. The smallest absolute Gasteiger partial charge is 0.264 e. The molecule has 0 amide bonds. The van der Waals surface area contributed by atoms with Gasteiger partial charge in [-0.05, 0) is 17.7 Å². The fraction of sp³-hybridized carbons (Fsp3) is 0.455. The molecule has 6 heteroatoms. The zero-order valence-electron chi connectivity index (χ0n) is 9.30. The maximum atomic E-state index is 12.8. The van der Waals surface area contributed by atoms with Crippen LogP contribution in [-0.2, 0) is 19.0 Å². The van der Waals surface area contributed by atoms with E-state index in [4.69, 9.17) is 8.92 Å². The van der Waals surface area contributed by atoms with Gasteiger partial charge in [0.25, 0.3) is 10.1 Å². The topological polar surface area (TPSA) is 52.6 Å². The van der Waals surface area contributed by atoms with Crippen LogP contribution in [-0.4, -0.2) is 34.0 Å². The molecular weight excluding hydrogens is 247 g/mol. The van der Waals surface area contributed by atoms with Crippen molar-refractivity contribution < 1.29 is 21.7 Å². The molecule has 94 valence electrons. The SMILES string of the molecule is CS(=O)(=O)OC1COCC1c1ccc(F)cc1. The van der Waals surface area contributed by atoms with Gasteiger partial charge in [0.2, 0.25) is 0 Å². The summed E-state index contributed by atoms with van der Waals surface area (Å²) in [7, 11) is -3.51. The minimum Gasteiger partial charge on any atom is -0.378 e. The monoisotopic (exact) mass is 260 g/mol. The maximum absolute atomic E-state index is 12.8. The predicted molar refractivity (Wildman–Crippen MR) is 59.7 cm³/mol. The Balaban J connectivity index is 2.17. The summed E-state index contributed by atoms with van der Waals surface area (Å²) in [6.45, 7) is 0.612. The highest BCUT2D eigenvalue weighted by Crippen LogP contribution is 2.28. The zero-order valence-corrected chi connectivity index (χ0v) is 10.1. The van der Waals surface area contributed by atoms with Crippen molar-refractivity contribution in [2.24, 2.45) is 0 Å². The van der Waals surface area contributed by atoms with E-state index in [9.17, 15) is 12.8 Å². The molecule has 2 unspecified atom stereocenters. The van der Waals surface area contributed by atoms with Crippen molar-refractivity contribution in [1.82, 2.24) is 0 Å². The number of hydrogen-bond donors (Lipinski definition) is 0. The normalized spacial score (nSPS) is 25.1. The van der Waals surface area contributed by atoms with Crippen molar-refractivity contribution in [2.45, 2.75) is 12.0 Å². The first-order valence-corrected chi connectivity index (χ1v) is 6.99. The van der Waals surface area contributed by atoms with E-state index in [1.54, 1.807) is 12.1 Å². The summed E-state index contributed by atoms with van der Waals surface area (Å²) in [5.74, 6) is -0.501. The van der Waals surface area contributed by atoms with Crippen molar-refractivity contribution in [2.75, 3.05) is 19.5 Å². The average molecular weight is 260 g/mol. The Morgan fingerprint density at radius 1 is 1.29 bits per heavy atom. The molecule has 2 rings (SSSR count). The standard InChI is InChI=1S/C11H13FO4S/c1-17(13,14)16-11-7-15-6-10(11)8-2-4-9(12)5-3-8/h2-5,10-11H,6-7H2,1H3. The van der Waals surface area contributed by atoms with E-state index in [1.165, 1.54) is 12.1 Å². The Morgan fingerprint density at radius 3 is 2.53 bits per heavy atom. The zero-order chi connectivity index (χ0) is 12.5. The van der Waals surface area contributed by atoms with Crippen LogP contribution in [0.4, 0.5) is 4.39 Å². The van der Waals surface area contributed by atoms with Gasteiger partial charge >= 0.3 is 0 Å². The lowest BCUT2D eigenvalue weighted by Crippen LogP contribution is -2.23. The number of rotatable bonds is 3. The Hall–Kier alpha value is -0.980. The van der Waals surface area contributed by atoms with Crippen LogP contribution in [0.2, 0.25) is 0 Å². The second-order valence-electron chi connectivity index (χ2n) is 4.03. The highest BCUT2D eigenvalue weighted by Gasteiger charge is 2.33. The summed E-state index contributed by atoms with van der Waals surface area (Å²) in [5, 5.41) is 0. The van der Waals surface area contributed by atoms with Gasteiger partial charge < -0.3 is 4.74 Å². The first kappa shape index (κ1) is 12.5. The van der Waals surface area contributed by atoms with Gasteiger partial charge in [0, 0.05) is 5.92 Å². The van der Waals surface area contributed by atoms with Crippen molar-refractivity contribution in [3.63, 3.8) is 0 Å². The van der Waals surface area contributed by atoms with E-state index in [-0.39, 0.29) is 18.3 Å². The molecule has 0 saturated carbocycles. The average Bonchev–Trinajstić information content (AvgIpc) is 2.64. The Kier molecular flexibility index (Phi) is 3.46. The number of hydrogen-bond acceptors (Lipinski definition) is 4. The van der Waals surface area contributed by atoms with Gasteiger partial charge in [0.15, 0.2) is 0 Å². The summed E-state index contributed by atoms with van der Waals surface area (Å²) < 4.78 is 45.1. The van der Waals surface area contributed by atoms with Gasteiger partial charge in [0.05, 0.1) is 19.5 Å². The van der Waals surface area contributed by atoms with Crippen molar-refractivity contribution in [3.05, 3.63) is 35.6 Å². The summed E-state index contributed by atoms with van der Waals surface area (Å²) in [6, 6.07) is 5.91. The fourth-order valence-electron chi connectivity index (χ4n) is 1.87. The molecule has 1 aromatic carbocycles. The van der Waals surface area contributed by atoms with Gasteiger partial charge in [-0.25, -0.2) is 4.39 Å². The summed E-state index contributed by atoms with van der Waals surface area (Å²) in [6.07, 6.45) is 0.475. The minimum atomic E-state index is -3.51. The van der Waals surface area contributed by atoms with E-state index < -0.39 is 16.2 Å². The van der Waals surface area contributed by atoms with Crippen molar-refractivity contribution in [1.29, 1.82) is 0 Å². The van der Waals surface area contributed by atoms with Crippen molar-refractivity contribution >= 4 is 10.1 Å². The van der Waals surface area contributed by atoms with Gasteiger partial charge in [-0.15, -0.1) is 0 Å². The Labute approximate surface area is 99.5 Å². The molecular formula is C11H13FO4S. The molecule has 17 heavy (non-hydrogen) atoms. The van der Waals surface area contributed by atoms with E-state index in [1.807, 2.05) is 0 Å². The van der Waals surface area contributed by atoms with Crippen LogP contribution in [0.1, 0.15) is 11.5 Å². The molecule has 1 aromatic rings. The van der Waals surface area contributed by atoms with Crippen LogP contribution < -0.4 is 0 Å². The molecule has 1 fully saturated rings. The molecule has 0 bridgehead atoms. The van der Waals surface area contributed by atoms with E-state index in [0.29, 0.717) is 6.61 Å². The van der Waals surface area contributed by atoms with Crippen LogP contribution in [0.15, 0.2) is 24.3 Å². The molecule has 0 radical (unpaired) electrons. The third-order valence-electron chi connectivity index (χ3n) is 2.62. The number of ether oxygens (including phenoxy) is 1. The second-order valence-corrected chi connectivity index (χ2v) is 5.64. The van der Waals surface area contributed by atoms with Crippen LogP contribution in [0.25, 0.3) is 0 Å². The first-order chi connectivity index (χ1) is 7.96. The van der Waals surface area contributed by atoms with Crippen LogP contribution in [0, 0.1) is 5.82 Å². The van der Waals surface area contributed by atoms with Gasteiger partial charge in [-0.1, -0.05) is 12.1 Å². The Bertz CT molecular complexity index is 483. The second kappa shape index (κ2) is 4.72. The van der Waals surface area contributed by atoms with Gasteiger partial charge in [0.1, 0.15) is 11.9 Å². The molecule has 0 N–H and O–H groups in total. The van der Waals surface area contributed by atoms with E-state index in [0.717, 1.165) is 11.8 Å². The number of benzene rings is 1. The molecule has 1 aliphatic rings. The molecule has 0 spiro atoms. The molecule has 2 atom stereocenters. The number of halogens is 1. The third kappa shape index (κ3) is 3.24. The largest absolute Gasteiger partial charge is 0.378 e. The highest BCUT2D eigenvalue weighted by atomic mass is 32.2. The van der Waals surface area contributed by atoms with Crippen LogP contribution in [0.5, 0.6) is 0 Å². The predicted octanol–water partition coefficient (Wildman–Crippen LogP) is 1.28. The summed E-state index contributed by atoms with van der Waals surface area (Å²) >= 11 is 0. The van der Waals surface area contributed by atoms with Crippen LogP contribution in [0.3, 0.4) is 0 Å². The molecule has 0 aliphatic carbocycles.